The van der Waals surface area contributed by atoms with Gasteiger partial charge in [0.15, 0.2) is 0 Å². The lowest BCUT2D eigenvalue weighted by atomic mass is 9.83. The highest BCUT2D eigenvalue weighted by atomic mass is 32.2. The number of carbonyl (C=O) groups excluding carboxylic acids is 1. The van der Waals surface area contributed by atoms with Gasteiger partial charge in [0.25, 0.3) is 5.91 Å². The predicted octanol–water partition coefficient (Wildman–Crippen LogP) is 1.85. The van der Waals surface area contributed by atoms with Gasteiger partial charge in [-0.3, -0.25) is 15.6 Å². The monoisotopic (exact) mass is 428 g/mol. The first-order valence-corrected chi connectivity index (χ1v) is 11.8. The highest BCUT2D eigenvalue weighted by Crippen LogP contribution is 2.27. The summed E-state index contributed by atoms with van der Waals surface area (Å²) in [6, 6.07) is 14.6. The zero-order valence-electron chi connectivity index (χ0n) is 17.0. The van der Waals surface area contributed by atoms with Gasteiger partial charge in [-0.05, 0) is 55.4 Å². The van der Waals surface area contributed by atoms with Gasteiger partial charge in [-0.25, -0.2) is 13.1 Å². The third kappa shape index (κ3) is 4.73. The van der Waals surface area contributed by atoms with Gasteiger partial charge in [0.05, 0.1) is 4.90 Å². The standard InChI is InChI=1S/C22H28N4O3S/c1-15-7-9-19(30(28,29)24-13-16-5-3-2-4-6-16)12-20(15)22(27)25-18-8-10-21-17(11-18)14-23-26-21/h2-7,9,12,17-18,21,23-24,26H,8,10-11,13-14H2,1H3,(H,25,27). The van der Waals surface area contributed by atoms with E-state index in [9.17, 15) is 13.2 Å². The van der Waals surface area contributed by atoms with Crippen molar-refractivity contribution in [1.82, 2.24) is 20.9 Å². The number of hydrazine groups is 1. The van der Waals surface area contributed by atoms with Gasteiger partial charge in [0.2, 0.25) is 10.0 Å². The summed E-state index contributed by atoms with van der Waals surface area (Å²) in [7, 11) is -3.72. The molecular weight excluding hydrogens is 400 g/mol. The molecule has 3 atom stereocenters. The van der Waals surface area contributed by atoms with Crippen LogP contribution in [0.15, 0.2) is 53.4 Å². The summed E-state index contributed by atoms with van der Waals surface area (Å²) >= 11 is 0. The van der Waals surface area contributed by atoms with Crippen molar-refractivity contribution in [2.45, 2.75) is 49.7 Å². The van der Waals surface area contributed by atoms with E-state index in [1.165, 1.54) is 6.07 Å². The minimum absolute atomic E-state index is 0.0992. The number of nitrogens with one attached hydrogen (secondary N) is 4. The Labute approximate surface area is 177 Å². The molecule has 0 bridgehead atoms. The Balaban J connectivity index is 1.45. The maximum Gasteiger partial charge on any atom is 0.251 e. The first kappa shape index (κ1) is 21.0. The van der Waals surface area contributed by atoms with Crippen LogP contribution in [0.25, 0.3) is 0 Å². The van der Waals surface area contributed by atoms with Crippen LogP contribution in [0.1, 0.15) is 40.7 Å². The van der Waals surface area contributed by atoms with E-state index in [-0.39, 0.29) is 23.4 Å². The molecule has 4 N–H and O–H groups in total. The van der Waals surface area contributed by atoms with Crippen LogP contribution >= 0.6 is 0 Å². The Morgan fingerprint density at radius 3 is 2.73 bits per heavy atom. The topological polar surface area (TPSA) is 99.3 Å². The molecule has 1 aliphatic heterocycles. The minimum Gasteiger partial charge on any atom is -0.349 e. The van der Waals surface area contributed by atoms with Gasteiger partial charge >= 0.3 is 0 Å². The van der Waals surface area contributed by atoms with Gasteiger partial charge in [-0.2, -0.15) is 0 Å². The fraction of sp³-hybridized carbons (Fsp3) is 0.409. The van der Waals surface area contributed by atoms with Crippen LogP contribution < -0.4 is 20.9 Å². The second-order valence-electron chi connectivity index (χ2n) is 8.16. The second-order valence-corrected chi connectivity index (χ2v) is 9.93. The summed E-state index contributed by atoms with van der Waals surface area (Å²) in [5.41, 5.74) is 8.51. The van der Waals surface area contributed by atoms with Crippen LogP contribution in [-0.4, -0.2) is 33.0 Å². The Morgan fingerprint density at radius 2 is 1.93 bits per heavy atom. The smallest absolute Gasteiger partial charge is 0.251 e. The summed E-state index contributed by atoms with van der Waals surface area (Å²) in [5, 5.41) is 3.12. The lowest BCUT2D eigenvalue weighted by molar-refractivity contribution is 0.0917. The van der Waals surface area contributed by atoms with Crippen molar-refractivity contribution in [2.24, 2.45) is 5.92 Å². The molecule has 1 saturated heterocycles. The molecule has 4 rings (SSSR count). The quantitative estimate of drug-likeness (QED) is 0.563. The molecule has 30 heavy (non-hydrogen) atoms. The number of hydrogen-bond acceptors (Lipinski definition) is 5. The summed E-state index contributed by atoms with van der Waals surface area (Å²) in [6.07, 6.45) is 2.85. The first-order valence-electron chi connectivity index (χ1n) is 10.4. The van der Waals surface area contributed by atoms with Gasteiger partial charge in [0, 0.05) is 30.7 Å². The van der Waals surface area contributed by atoms with Crippen molar-refractivity contribution in [3.63, 3.8) is 0 Å². The molecule has 2 aromatic rings. The van der Waals surface area contributed by atoms with Crippen molar-refractivity contribution in [3.8, 4) is 0 Å². The van der Waals surface area contributed by atoms with Crippen molar-refractivity contribution < 1.29 is 13.2 Å². The Kier molecular flexibility index (Phi) is 6.19. The molecule has 2 fully saturated rings. The van der Waals surface area contributed by atoms with Crippen LogP contribution in [0.4, 0.5) is 0 Å². The average molecular weight is 429 g/mol. The molecule has 7 nitrogen and oxygen atoms in total. The van der Waals surface area contributed by atoms with E-state index in [0.29, 0.717) is 17.5 Å². The lowest BCUT2D eigenvalue weighted by Gasteiger charge is -2.31. The third-order valence-electron chi connectivity index (χ3n) is 6.04. The number of carbonyl (C=O) groups is 1. The molecule has 0 aromatic heterocycles. The van der Waals surface area contributed by atoms with Crippen LogP contribution in [0.2, 0.25) is 0 Å². The predicted molar refractivity (Wildman–Crippen MR) is 115 cm³/mol. The largest absolute Gasteiger partial charge is 0.349 e. The highest BCUT2D eigenvalue weighted by Gasteiger charge is 2.34. The molecule has 2 aliphatic rings. The second kappa shape index (κ2) is 8.85. The van der Waals surface area contributed by atoms with Crippen molar-refractivity contribution in [3.05, 3.63) is 65.2 Å². The molecule has 2 aromatic carbocycles. The van der Waals surface area contributed by atoms with Crippen LogP contribution in [0.5, 0.6) is 0 Å². The van der Waals surface area contributed by atoms with Gasteiger partial charge < -0.3 is 5.32 Å². The summed E-state index contributed by atoms with van der Waals surface area (Å²) in [5.74, 6) is 0.300. The Morgan fingerprint density at radius 1 is 1.13 bits per heavy atom. The highest BCUT2D eigenvalue weighted by molar-refractivity contribution is 7.89. The van der Waals surface area contributed by atoms with Crippen LogP contribution in [-0.2, 0) is 16.6 Å². The molecule has 3 unspecified atom stereocenters. The van der Waals surface area contributed by atoms with Gasteiger partial charge in [0.1, 0.15) is 0 Å². The molecular formula is C22H28N4O3S. The maximum atomic E-state index is 12.9. The number of fused-ring (bicyclic) bond motifs is 1. The number of rotatable bonds is 6. The minimum atomic E-state index is -3.72. The number of amides is 1. The number of benzene rings is 2. The number of sulfonamides is 1. The van der Waals surface area contributed by atoms with Gasteiger partial charge in [-0.1, -0.05) is 36.4 Å². The zero-order valence-corrected chi connectivity index (χ0v) is 17.8. The third-order valence-corrected chi connectivity index (χ3v) is 7.44. The van der Waals surface area contributed by atoms with Gasteiger partial charge in [-0.15, -0.1) is 0 Å². The fourth-order valence-corrected chi connectivity index (χ4v) is 5.31. The zero-order chi connectivity index (χ0) is 21.1. The Bertz CT molecular complexity index is 1010. The fourth-order valence-electron chi connectivity index (χ4n) is 4.27. The van der Waals surface area contributed by atoms with E-state index >= 15 is 0 Å². The molecule has 8 heteroatoms. The summed E-state index contributed by atoms with van der Waals surface area (Å²) in [6.45, 7) is 2.94. The molecule has 0 spiro atoms. The van der Waals surface area contributed by atoms with Crippen molar-refractivity contribution >= 4 is 15.9 Å². The molecule has 1 aliphatic carbocycles. The van der Waals surface area contributed by atoms with Crippen LogP contribution in [0.3, 0.4) is 0 Å². The van der Waals surface area contributed by atoms with E-state index in [0.717, 1.165) is 36.9 Å². The van der Waals surface area contributed by atoms with E-state index in [1.54, 1.807) is 12.1 Å². The molecule has 0 radical (unpaired) electrons. The maximum absolute atomic E-state index is 12.9. The summed E-state index contributed by atoms with van der Waals surface area (Å²) in [4.78, 5) is 13.0. The molecule has 160 valence electrons. The molecule has 1 saturated carbocycles. The molecule has 1 heterocycles. The van der Waals surface area contributed by atoms with E-state index in [2.05, 4.69) is 20.9 Å². The van der Waals surface area contributed by atoms with E-state index in [4.69, 9.17) is 0 Å². The van der Waals surface area contributed by atoms with Crippen molar-refractivity contribution in [1.29, 1.82) is 0 Å². The van der Waals surface area contributed by atoms with E-state index in [1.807, 2.05) is 37.3 Å². The normalized spacial score (nSPS) is 23.7. The lowest BCUT2D eigenvalue weighted by Crippen LogP contribution is -2.44. The summed E-state index contributed by atoms with van der Waals surface area (Å²) < 4.78 is 28.1. The Hall–Kier alpha value is -2.26. The molecule has 1 amide bonds. The first-order chi connectivity index (χ1) is 14.4. The van der Waals surface area contributed by atoms with E-state index < -0.39 is 10.0 Å². The SMILES string of the molecule is Cc1ccc(S(=O)(=O)NCc2ccccc2)cc1C(=O)NC1CCC2NNCC2C1. The van der Waals surface area contributed by atoms with Crippen LogP contribution in [0, 0.1) is 12.8 Å². The number of hydrogen-bond donors (Lipinski definition) is 4. The average Bonchev–Trinajstić information content (AvgIpc) is 3.21. The van der Waals surface area contributed by atoms with Crippen molar-refractivity contribution in [2.75, 3.05) is 6.54 Å². The number of aryl methyl sites for hydroxylation is 1.